The van der Waals surface area contributed by atoms with Crippen LogP contribution in [0.5, 0.6) is 0 Å². The van der Waals surface area contributed by atoms with E-state index in [9.17, 15) is 26.3 Å². The molecule has 0 spiro atoms. The summed E-state index contributed by atoms with van der Waals surface area (Å²) in [6.07, 6.45) is -9.76. The molecule has 0 unspecified atom stereocenters. The Labute approximate surface area is 93.2 Å². The van der Waals surface area contributed by atoms with Crippen molar-refractivity contribution in [3.63, 3.8) is 0 Å². The lowest BCUT2D eigenvalue weighted by molar-refractivity contribution is -0.143. The molecule has 1 aromatic carbocycles. The van der Waals surface area contributed by atoms with Crippen LogP contribution in [0.3, 0.4) is 0 Å². The van der Waals surface area contributed by atoms with Crippen molar-refractivity contribution >= 4 is 5.69 Å². The zero-order valence-electron chi connectivity index (χ0n) is 8.71. The molecule has 0 amide bonds. The Kier molecular flexibility index (Phi) is 3.31. The van der Waals surface area contributed by atoms with E-state index in [4.69, 9.17) is 5.73 Å². The quantitative estimate of drug-likeness (QED) is 0.599. The lowest BCUT2D eigenvalue weighted by Gasteiger charge is -2.17. The van der Waals surface area contributed by atoms with Gasteiger partial charge >= 0.3 is 12.4 Å². The van der Waals surface area contributed by atoms with E-state index in [0.717, 1.165) is 6.07 Å². The molecule has 1 nitrogen and oxygen atoms in total. The largest absolute Gasteiger partial charge is 0.418 e. The van der Waals surface area contributed by atoms with Crippen LogP contribution >= 0.6 is 0 Å². The number of hydrogen-bond acceptors (Lipinski definition) is 1. The minimum absolute atomic E-state index is 0.0445. The Hall–Kier alpha value is -1.40. The Bertz CT molecular complexity index is 418. The highest BCUT2D eigenvalue weighted by Crippen LogP contribution is 2.40. The molecule has 0 aliphatic heterocycles. The van der Waals surface area contributed by atoms with Gasteiger partial charge in [-0.1, -0.05) is 6.92 Å². The van der Waals surface area contributed by atoms with Gasteiger partial charge in [-0.25, -0.2) is 0 Å². The van der Waals surface area contributed by atoms with E-state index >= 15 is 0 Å². The van der Waals surface area contributed by atoms with Crippen molar-refractivity contribution in [3.8, 4) is 0 Å². The first kappa shape index (κ1) is 13.7. The third kappa shape index (κ3) is 2.83. The number of nitrogen functional groups attached to an aromatic ring is 1. The number of anilines is 1. The van der Waals surface area contributed by atoms with Gasteiger partial charge in [0, 0.05) is 5.69 Å². The van der Waals surface area contributed by atoms with Crippen molar-refractivity contribution in [3.05, 3.63) is 28.8 Å². The topological polar surface area (TPSA) is 26.0 Å². The summed E-state index contributed by atoms with van der Waals surface area (Å²) in [4.78, 5) is 0. The fraction of sp³-hybridized carbons (Fsp3) is 0.400. The van der Waals surface area contributed by atoms with Crippen molar-refractivity contribution in [1.82, 2.24) is 0 Å². The molecule has 0 aliphatic carbocycles. The van der Waals surface area contributed by atoms with E-state index in [2.05, 4.69) is 0 Å². The standard InChI is InChI=1S/C10H9F6N/c1-2-5-3-8(17)7(10(14,15)16)4-6(5)9(11,12)13/h3-4H,2,17H2,1H3. The number of rotatable bonds is 1. The van der Waals surface area contributed by atoms with Crippen LogP contribution in [0.15, 0.2) is 12.1 Å². The molecule has 0 radical (unpaired) electrons. The summed E-state index contributed by atoms with van der Waals surface area (Å²) in [5.74, 6) is 0. The molecular weight excluding hydrogens is 248 g/mol. The van der Waals surface area contributed by atoms with Gasteiger partial charge in [0.15, 0.2) is 0 Å². The highest BCUT2D eigenvalue weighted by Gasteiger charge is 2.39. The molecule has 0 saturated carbocycles. The summed E-state index contributed by atoms with van der Waals surface area (Å²) in [5.41, 5.74) is 1.42. The van der Waals surface area contributed by atoms with Crippen LogP contribution in [0.4, 0.5) is 32.0 Å². The van der Waals surface area contributed by atoms with Gasteiger partial charge in [-0.15, -0.1) is 0 Å². The molecule has 0 aromatic heterocycles. The Morgan fingerprint density at radius 1 is 0.941 bits per heavy atom. The van der Waals surface area contributed by atoms with Crippen LogP contribution in [0.2, 0.25) is 0 Å². The van der Waals surface area contributed by atoms with E-state index in [1.54, 1.807) is 0 Å². The van der Waals surface area contributed by atoms with Crippen molar-refractivity contribution in [2.75, 3.05) is 5.73 Å². The zero-order chi connectivity index (χ0) is 13.4. The van der Waals surface area contributed by atoms with E-state index in [0.29, 0.717) is 0 Å². The van der Waals surface area contributed by atoms with E-state index in [-0.39, 0.29) is 18.1 Å². The van der Waals surface area contributed by atoms with Crippen molar-refractivity contribution in [2.24, 2.45) is 0 Å². The Morgan fingerprint density at radius 3 is 1.76 bits per heavy atom. The molecule has 7 heteroatoms. The van der Waals surface area contributed by atoms with Gasteiger partial charge < -0.3 is 5.73 Å². The van der Waals surface area contributed by atoms with Gasteiger partial charge in [-0.3, -0.25) is 0 Å². The number of hydrogen-bond donors (Lipinski definition) is 1. The van der Waals surface area contributed by atoms with E-state index in [1.807, 2.05) is 0 Å². The minimum atomic E-state index is -4.89. The second-order valence-corrected chi connectivity index (χ2v) is 3.45. The first-order chi connectivity index (χ1) is 7.57. The second kappa shape index (κ2) is 4.12. The normalized spacial score (nSPS) is 12.9. The smallest absolute Gasteiger partial charge is 0.398 e. The fourth-order valence-electron chi connectivity index (χ4n) is 1.47. The predicted molar refractivity (Wildman–Crippen MR) is 50.2 cm³/mol. The first-order valence-electron chi connectivity index (χ1n) is 4.64. The maximum absolute atomic E-state index is 12.5. The maximum atomic E-state index is 12.5. The van der Waals surface area contributed by atoms with Gasteiger partial charge in [-0.2, -0.15) is 26.3 Å². The van der Waals surface area contributed by atoms with E-state index < -0.39 is 29.2 Å². The van der Waals surface area contributed by atoms with Gasteiger partial charge in [0.2, 0.25) is 0 Å². The molecule has 0 atom stereocenters. The lowest BCUT2D eigenvalue weighted by Crippen LogP contribution is -2.15. The molecule has 96 valence electrons. The van der Waals surface area contributed by atoms with Crippen LogP contribution in [0.1, 0.15) is 23.6 Å². The molecule has 1 aromatic rings. The summed E-state index contributed by atoms with van der Waals surface area (Å²) in [5, 5.41) is 0. The first-order valence-corrected chi connectivity index (χ1v) is 4.64. The highest BCUT2D eigenvalue weighted by molar-refractivity contribution is 5.54. The molecular formula is C10H9F6N. The predicted octanol–water partition coefficient (Wildman–Crippen LogP) is 3.87. The second-order valence-electron chi connectivity index (χ2n) is 3.45. The Morgan fingerprint density at radius 2 is 1.41 bits per heavy atom. The summed E-state index contributed by atoms with van der Waals surface area (Å²) in [6.45, 7) is 1.41. The van der Waals surface area contributed by atoms with Gasteiger partial charge in [-0.05, 0) is 24.1 Å². The lowest BCUT2D eigenvalue weighted by atomic mass is 9.99. The molecule has 0 aliphatic rings. The van der Waals surface area contributed by atoms with Crippen molar-refractivity contribution < 1.29 is 26.3 Å². The minimum Gasteiger partial charge on any atom is -0.398 e. The molecule has 2 N–H and O–H groups in total. The van der Waals surface area contributed by atoms with Crippen LogP contribution in [0.25, 0.3) is 0 Å². The maximum Gasteiger partial charge on any atom is 0.418 e. The van der Waals surface area contributed by atoms with Crippen LogP contribution in [-0.4, -0.2) is 0 Å². The van der Waals surface area contributed by atoms with Crippen molar-refractivity contribution in [2.45, 2.75) is 25.7 Å². The molecule has 0 fully saturated rings. The number of halogens is 6. The third-order valence-electron chi connectivity index (χ3n) is 2.27. The average Bonchev–Trinajstić information content (AvgIpc) is 2.13. The third-order valence-corrected chi connectivity index (χ3v) is 2.27. The van der Waals surface area contributed by atoms with Crippen LogP contribution in [-0.2, 0) is 18.8 Å². The summed E-state index contributed by atoms with van der Waals surface area (Å²) in [7, 11) is 0. The summed E-state index contributed by atoms with van der Waals surface area (Å²) >= 11 is 0. The zero-order valence-corrected chi connectivity index (χ0v) is 8.71. The number of aryl methyl sites for hydroxylation is 1. The molecule has 0 heterocycles. The fourth-order valence-corrected chi connectivity index (χ4v) is 1.47. The number of benzene rings is 1. The van der Waals surface area contributed by atoms with Crippen molar-refractivity contribution in [1.29, 1.82) is 0 Å². The van der Waals surface area contributed by atoms with Gasteiger partial charge in [0.05, 0.1) is 11.1 Å². The van der Waals surface area contributed by atoms with Crippen LogP contribution in [0, 0.1) is 0 Å². The van der Waals surface area contributed by atoms with Crippen LogP contribution < -0.4 is 5.73 Å². The monoisotopic (exact) mass is 257 g/mol. The average molecular weight is 257 g/mol. The highest BCUT2D eigenvalue weighted by atomic mass is 19.4. The Balaban J connectivity index is 3.49. The number of nitrogens with two attached hydrogens (primary N) is 1. The SMILES string of the molecule is CCc1cc(N)c(C(F)(F)F)cc1C(F)(F)F. The number of alkyl halides is 6. The van der Waals surface area contributed by atoms with Gasteiger partial charge in [0.25, 0.3) is 0 Å². The molecule has 0 bridgehead atoms. The molecule has 1 rings (SSSR count). The van der Waals surface area contributed by atoms with Gasteiger partial charge in [0.1, 0.15) is 0 Å². The molecule has 17 heavy (non-hydrogen) atoms. The van der Waals surface area contributed by atoms with E-state index in [1.165, 1.54) is 6.92 Å². The summed E-state index contributed by atoms with van der Waals surface area (Å²) in [6, 6.07) is 0.791. The summed E-state index contributed by atoms with van der Waals surface area (Å²) < 4.78 is 74.8. The molecule has 0 saturated heterocycles.